The summed E-state index contributed by atoms with van der Waals surface area (Å²) in [6.45, 7) is 0.596. The van der Waals surface area contributed by atoms with Gasteiger partial charge in [-0.3, -0.25) is 4.79 Å². The molecule has 1 saturated heterocycles. The fourth-order valence-electron chi connectivity index (χ4n) is 4.30. The number of carboxylic acid groups (broad SMARTS) is 1. The average Bonchev–Trinajstić information content (AvgIpc) is 3.11. The number of methoxy groups -OCH3 is 1. The van der Waals surface area contributed by atoms with Crippen molar-refractivity contribution < 1.29 is 29.0 Å². The molecule has 1 aliphatic heterocycles. The highest BCUT2D eigenvalue weighted by atomic mass is 16.5. The Labute approximate surface area is 175 Å². The summed E-state index contributed by atoms with van der Waals surface area (Å²) in [6.07, 6.45) is 0.698. The summed E-state index contributed by atoms with van der Waals surface area (Å²) in [6, 6.07) is 8.05. The average molecular weight is 419 g/mol. The molecule has 3 rings (SSSR count). The number of alkyl carbamates (subject to hydrolysis) is 1. The largest absolute Gasteiger partial charge is 0.465 e. The first-order chi connectivity index (χ1) is 14.4. The number of likely N-dealkylation sites (N-methyl/N-ethyl adjacent to an activating group) is 1. The van der Waals surface area contributed by atoms with Crippen molar-refractivity contribution in [1.82, 2.24) is 15.1 Å². The zero-order chi connectivity index (χ0) is 21.7. The van der Waals surface area contributed by atoms with Crippen LogP contribution in [-0.4, -0.2) is 77.9 Å². The third-order valence-corrected chi connectivity index (χ3v) is 6.01. The van der Waals surface area contributed by atoms with Gasteiger partial charge in [0.25, 0.3) is 0 Å². The van der Waals surface area contributed by atoms with Gasteiger partial charge < -0.3 is 29.7 Å². The lowest BCUT2D eigenvalue weighted by Crippen LogP contribution is -2.57. The van der Waals surface area contributed by atoms with E-state index in [0.29, 0.717) is 25.8 Å². The summed E-state index contributed by atoms with van der Waals surface area (Å²) in [4.78, 5) is 39.6. The summed E-state index contributed by atoms with van der Waals surface area (Å²) in [5.74, 6) is -0.198. The van der Waals surface area contributed by atoms with Crippen molar-refractivity contribution in [3.63, 3.8) is 0 Å². The highest BCUT2D eigenvalue weighted by Crippen LogP contribution is 2.31. The van der Waals surface area contributed by atoms with Gasteiger partial charge in [0.15, 0.2) is 0 Å². The van der Waals surface area contributed by atoms with Crippen LogP contribution in [-0.2, 0) is 20.9 Å². The number of benzene rings is 1. The van der Waals surface area contributed by atoms with Gasteiger partial charge in [0.05, 0.1) is 18.2 Å². The van der Waals surface area contributed by atoms with Gasteiger partial charge in [0.1, 0.15) is 12.6 Å². The van der Waals surface area contributed by atoms with Crippen LogP contribution >= 0.6 is 0 Å². The monoisotopic (exact) mass is 419 g/mol. The molecule has 1 saturated carbocycles. The van der Waals surface area contributed by atoms with Crippen LogP contribution < -0.4 is 5.32 Å². The molecule has 9 heteroatoms. The number of likely N-dealkylation sites (tertiary alicyclic amines) is 1. The Morgan fingerprint density at radius 1 is 1.23 bits per heavy atom. The van der Waals surface area contributed by atoms with Crippen molar-refractivity contribution in [2.75, 3.05) is 20.7 Å². The molecule has 1 aromatic rings. The Kier molecular flexibility index (Phi) is 7.15. The molecule has 164 valence electrons. The number of nitrogens with zero attached hydrogens (tertiary/aromatic N) is 2. The van der Waals surface area contributed by atoms with E-state index < -0.39 is 18.2 Å². The van der Waals surface area contributed by atoms with Gasteiger partial charge in [-0.05, 0) is 31.2 Å². The first kappa shape index (κ1) is 21.9. The molecule has 9 nitrogen and oxygen atoms in total. The molecular formula is C21H29N3O6. The van der Waals surface area contributed by atoms with E-state index in [1.807, 2.05) is 30.3 Å². The fourth-order valence-corrected chi connectivity index (χ4v) is 4.30. The molecule has 2 fully saturated rings. The van der Waals surface area contributed by atoms with Gasteiger partial charge in [-0.15, -0.1) is 0 Å². The van der Waals surface area contributed by atoms with Crippen molar-refractivity contribution in [2.24, 2.45) is 0 Å². The molecule has 0 aromatic heterocycles. The zero-order valence-electron chi connectivity index (χ0n) is 17.3. The van der Waals surface area contributed by atoms with Crippen LogP contribution in [0, 0.1) is 0 Å². The maximum Gasteiger partial charge on any atom is 0.408 e. The predicted molar refractivity (Wildman–Crippen MR) is 108 cm³/mol. The van der Waals surface area contributed by atoms with Crippen LogP contribution in [0.2, 0.25) is 0 Å². The second kappa shape index (κ2) is 9.80. The van der Waals surface area contributed by atoms with Crippen LogP contribution in [0.1, 0.15) is 31.2 Å². The first-order valence-corrected chi connectivity index (χ1v) is 10.2. The molecule has 1 unspecified atom stereocenters. The molecule has 3 amide bonds. The lowest BCUT2D eigenvalue weighted by Gasteiger charge is -2.43. The minimum atomic E-state index is -1.03. The van der Waals surface area contributed by atoms with Crippen LogP contribution in [0.3, 0.4) is 0 Å². The van der Waals surface area contributed by atoms with Gasteiger partial charge in [0.2, 0.25) is 5.91 Å². The second-order valence-electron chi connectivity index (χ2n) is 7.78. The van der Waals surface area contributed by atoms with Crippen LogP contribution in [0.4, 0.5) is 9.59 Å². The van der Waals surface area contributed by atoms with Crippen LogP contribution in [0.25, 0.3) is 0 Å². The maximum absolute atomic E-state index is 13.0. The SMILES string of the molecule is COC1CC[C@H](N2CC[C@H](NC(=O)OCc3ccccc3)C2=O)[C@@H](N(C)C(=O)O)C1. The Morgan fingerprint density at radius 3 is 2.63 bits per heavy atom. The lowest BCUT2D eigenvalue weighted by atomic mass is 9.86. The van der Waals surface area contributed by atoms with E-state index in [0.717, 1.165) is 12.0 Å². The van der Waals surface area contributed by atoms with Crippen molar-refractivity contribution in [1.29, 1.82) is 0 Å². The number of rotatable bonds is 6. The molecular weight excluding hydrogens is 390 g/mol. The van der Waals surface area contributed by atoms with E-state index >= 15 is 0 Å². The summed E-state index contributed by atoms with van der Waals surface area (Å²) in [5, 5.41) is 12.1. The normalized spacial score (nSPS) is 26.3. The minimum absolute atomic E-state index is 0.0346. The molecule has 0 spiro atoms. The van der Waals surface area contributed by atoms with Crippen molar-refractivity contribution >= 4 is 18.1 Å². The van der Waals surface area contributed by atoms with Gasteiger partial charge in [-0.1, -0.05) is 30.3 Å². The van der Waals surface area contributed by atoms with E-state index in [-0.39, 0.29) is 30.7 Å². The number of carbonyl (C=O) groups excluding carboxylic acids is 2. The number of hydrogen-bond donors (Lipinski definition) is 2. The number of amides is 3. The summed E-state index contributed by atoms with van der Waals surface area (Å²) in [7, 11) is 3.14. The van der Waals surface area contributed by atoms with Crippen LogP contribution in [0.5, 0.6) is 0 Å². The Bertz CT molecular complexity index is 758. The molecule has 30 heavy (non-hydrogen) atoms. The highest BCUT2D eigenvalue weighted by molar-refractivity contribution is 5.87. The first-order valence-electron chi connectivity index (χ1n) is 10.2. The van der Waals surface area contributed by atoms with Gasteiger partial charge in [-0.25, -0.2) is 9.59 Å². The molecule has 4 atom stereocenters. The molecule has 1 aliphatic carbocycles. The van der Waals surface area contributed by atoms with Crippen molar-refractivity contribution in [3.8, 4) is 0 Å². The number of nitrogens with one attached hydrogen (secondary N) is 1. The number of ether oxygens (including phenoxy) is 2. The molecule has 1 aromatic carbocycles. The Morgan fingerprint density at radius 2 is 1.97 bits per heavy atom. The predicted octanol–water partition coefficient (Wildman–Crippen LogP) is 2.06. The highest BCUT2D eigenvalue weighted by Gasteiger charge is 2.44. The minimum Gasteiger partial charge on any atom is -0.465 e. The van der Waals surface area contributed by atoms with Gasteiger partial charge in [-0.2, -0.15) is 0 Å². The van der Waals surface area contributed by atoms with E-state index in [2.05, 4.69) is 5.32 Å². The topological polar surface area (TPSA) is 108 Å². The zero-order valence-corrected chi connectivity index (χ0v) is 17.3. The lowest BCUT2D eigenvalue weighted by molar-refractivity contribution is -0.134. The Balaban J connectivity index is 1.59. The molecule has 2 aliphatic rings. The number of hydrogen-bond acceptors (Lipinski definition) is 5. The summed E-state index contributed by atoms with van der Waals surface area (Å²) >= 11 is 0. The van der Waals surface area contributed by atoms with E-state index in [1.165, 1.54) is 11.9 Å². The van der Waals surface area contributed by atoms with Crippen molar-refractivity contribution in [2.45, 2.75) is 56.5 Å². The quantitative estimate of drug-likeness (QED) is 0.731. The van der Waals surface area contributed by atoms with E-state index in [9.17, 15) is 19.5 Å². The van der Waals surface area contributed by atoms with E-state index in [1.54, 1.807) is 12.0 Å². The van der Waals surface area contributed by atoms with Gasteiger partial charge >= 0.3 is 12.2 Å². The second-order valence-corrected chi connectivity index (χ2v) is 7.78. The summed E-state index contributed by atoms with van der Waals surface area (Å²) in [5.41, 5.74) is 0.862. The van der Waals surface area contributed by atoms with Crippen LogP contribution in [0.15, 0.2) is 30.3 Å². The third-order valence-electron chi connectivity index (χ3n) is 6.01. The van der Waals surface area contributed by atoms with E-state index in [4.69, 9.17) is 9.47 Å². The number of carbonyl (C=O) groups is 3. The fraction of sp³-hybridized carbons (Fsp3) is 0.571. The standard InChI is InChI=1S/C21H29N3O6/c1-23(21(27)28)18-12-15(29-2)8-9-17(18)24-11-10-16(19(24)25)22-20(26)30-13-14-6-4-3-5-7-14/h3-7,15-18H,8-13H2,1-2H3,(H,22,26)(H,27,28)/t15?,16-,17-,18-/m0/s1. The smallest absolute Gasteiger partial charge is 0.408 e. The molecule has 0 radical (unpaired) electrons. The van der Waals surface area contributed by atoms with Gasteiger partial charge in [0, 0.05) is 20.7 Å². The molecule has 1 heterocycles. The Hall–Kier alpha value is -2.81. The molecule has 2 N–H and O–H groups in total. The third kappa shape index (κ3) is 5.02. The maximum atomic E-state index is 13.0. The molecule has 0 bridgehead atoms. The van der Waals surface area contributed by atoms with Crippen molar-refractivity contribution in [3.05, 3.63) is 35.9 Å². The summed E-state index contributed by atoms with van der Waals surface area (Å²) < 4.78 is 10.6.